The fourth-order valence-electron chi connectivity index (χ4n) is 1.39. The number of aromatic nitrogens is 2. The standard InChI is InChI=1S/C11H13N5O/c12-11(17)16-9-3-1-8(2-4-9)14-6-10-5-13-7-15-10/h1-5,7,14H,6H2,(H,13,15)(H3,12,16,17). The molecule has 6 nitrogen and oxygen atoms in total. The van der Waals surface area contributed by atoms with Crippen LogP contribution in [0.25, 0.3) is 0 Å². The van der Waals surface area contributed by atoms with Crippen molar-refractivity contribution in [1.29, 1.82) is 0 Å². The first kappa shape index (κ1) is 11.0. The van der Waals surface area contributed by atoms with Gasteiger partial charge in [-0.05, 0) is 24.3 Å². The van der Waals surface area contributed by atoms with E-state index in [4.69, 9.17) is 5.73 Å². The summed E-state index contributed by atoms with van der Waals surface area (Å²) in [5.74, 6) is 0. The summed E-state index contributed by atoms with van der Waals surface area (Å²) in [6.07, 6.45) is 3.40. The van der Waals surface area contributed by atoms with Gasteiger partial charge in [-0.1, -0.05) is 0 Å². The Hall–Kier alpha value is -2.50. The molecule has 0 aliphatic carbocycles. The number of H-pyrrole nitrogens is 1. The van der Waals surface area contributed by atoms with Crippen LogP contribution in [-0.2, 0) is 6.54 Å². The molecule has 88 valence electrons. The number of carbonyl (C=O) groups is 1. The number of urea groups is 1. The second-order valence-electron chi connectivity index (χ2n) is 3.50. The van der Waals surface area contributed by atoms with E-state index in [1.165, 1.54) is 0 Å². The van der Waals surface area contributed by atoms with E-state index in [0.29, 0.717) is 12.2 Å². The van der Waals surface area contributed by atoms with Crippen LogP contribution in [0.3, 0.4) is 0 Å². The van der Waals surface area contributed by atoms with E-state index >= 15 is 0 Å². The average Bonchev–Trinajstić information content (AvgIpc) is 2.80. The largest absolute Gasteiger partial charge is 0.379 e. The Labute approximate surface area is 98.2 Å². The molecule has 0 atom stereocenters. The van der Waals surface area contributed by atoms with Gasteiger partial charge in [-0.15, -0.1) is 0 Å². The highest BCUT2D eigenvalue weighted by atomic mass is 16.2. The molecule has 0 saturated heterocycles. The van der Waals surface area contributed by atoms with Crippen molar-refractivity contribution in [3.63, 3.8) is 0 Å². The van der Waals surface area contributed by atoms with Crippen molar-refractivity contribution in [1.82, 2.24) is 9.97 Å². The molecular weight excluding hydrogens is 218 g/mol. The van der Waals surface area contributed by atoms with Gasteiger partial charge in [0.05, 0.1) is 18.6 Å². The molecule has 2 aromatic rings. The lowest BCUT2D eigenvalue weighted by Crippen LogP contribution is -2.19. The van der Waals surface area contributed by atoms with E-state index in [0.717, 1.165) is 11.4 Å². The molecule has 0 spiro atoms. The number of nitrogens with two attached hydrogens (primary N) is 1. The van der Waals surface area contributed by atoms with Crippen molar-refractivity contribution in [3.8, 4) is 0 Å². The Kier molecular flexibility index (Phi) is 3.25. The lowest BCUT2D eigenvalue weighted by molar-refractivity contribution is 0.259. The minimum Gasteiger partial charge on any atom is -0.379 e. The van der Waals surface area contributed by atoms with Crippen molar-refractivity contribution in [2.45, 2.75) is 6.54 Å². The summed E-state index contributed by atoms with van der Waals surface area (Å²) in [4.78, 5) is 17.5. The highest BCUT2D eigenvalue weighted by molar-refractivity contribution is 5.87. The van der Waals surface area contributed by atoms with Crippen LogP contribution in [0.5, 0.6) is 0 Å². The maximum Gasteiger partial charge on any atom is 0.316 e. The van der Waals surface area contributed by atoms with E-state index in [1.807, 2.05) is 12.1 Å². The second-order valence-corrected chi connectivity index (χ2v) is 3.50. The van der Waals surface area contributed by atoms with Crippen LogP contribution in [-0.4, -0.2) is 16.0 Å². The summed E-state index contributed by atoms with van der Waals surface area (Å²) in [5.41, 5.74) is 7.64. The average molecular weight is 231 g/mol. The number of nitrogens with zero attached hydrogens (tertiary/aromatic N) is 1. The van der Waals surface area contributed by atoms with Crippen molar-refractivity contribution in [2.75, 3.05) is 10.6 Å². The summed E-state index contributed by atoms with van der Waals surface area (Å²) < 4.78 is 0. The van der Waals surface area contributed by atoms with Gasteiger partial charge in [0.1, 0.15) is 0 Å². The van der Waals surface area contributed by atoms with Crippen molar-refractivity contribution in [3.05, 3.63) is 42.5 Å². The van der Waals surface area contributed by atoms with E-state index in [1.54, 1.807) is 24.7 Å². The third-order valence-electron chi connectivity index (χ3n) is 2.19. The summed E-state index contributed by atoms with van der Waals surface area (Å²) >= 11 is 0. The number of primary amides is 1. The molecule has 1 aromatic carbocycles. The predicted molar refractivity (Wildman–Crippen MR) is 65.6 cm³/mol. The molecule has 17 heavy (non-hydrogen) atoms. The van der Waals surface area contributed by atoms with Gasteiger partial charge in [-0.3, -0.25) is 0 Å². The first-order chi connectivity index (χ1) is 8.24. The number of aromatic amines is 1. The third-order valence-corrected chi connectivity index (χ3v) is 2.19. The zero-order valence-electron chi connectivity index (χ0n) is 9.10. The lowest BCUT2D eigenvalue weighted by Gasteiger charge is -2.06. The van der Waals surface area contributed by atoms with Crippen molar-refractivity contribution >= 4 is 17.4 Å². The molecule has 0 saturated carbocycles. The Morgan fingerprint density at radius 2 is 2.00 bits per heavy atom. The van der Waals surface area contributed by atoms with E-state index < -0.39 is 6.03 Å². The number of carbonyl (C=O) groups excluding carboxylic acids is 1. The van der Waals surface area contributed by atoms with Gasteiger partial charge in [0.15, 0.2) is 0 Å². The van der Waals surface area contributed by atoms with Crippen LogP contribution in [0.1, 0.15) is 5.69 Å². The Morgan fingerprint density at radius 3 is 2.59 bits per heavy atom. The topological polar surface area (TPSA) is 95.8 Å². The SMILES string of the molecule is NC(=O)Nc1ccc(NCc2cnc[nH]2)cc1. The summed E-state index contributed by atoms with van der Waals surface area (Å²) in [5, 5.41) is 5.71. The van der Waals surface area contributed by atoms with Crippen LogP contribution in [0.4, 0.5) is 16.2 Å². The fraction of sp³-hybridized carbons (Fsp3) is 0.0909. The second kappa shape index (κ2) is 5.02. The van der Waals surface area contributed by atoms with Crippen LogP contribution >= 0.6 is 0 Å². The van der Waals surface area contributed by atoms with Gasteiger partial charge in [0.2, 0.25) is 0 Å². The molecular formula is C11H13N5O. The smallest absolute Gasteiger partial charge is 0.316 e. The highest BCUT2D eigenvalue weighted by Gasteiger charge is 1.97. The van der Waals surface area contributed by atoms with Gasteiger partial charge >= 0.3 is 6.03 Å². The first-order valence-electron chi connectivity index (χ1n) is 5.12. The Balaban J connectivity index is 1.91. The monoisotopic (exact) mass is 231 g/mol. The maximum atomic E-state index is 10.6. The molecule has 1 heterocycles. The molecule has 0 bridgehead atoms. The Morgan fingerprint density at radius 1 is 1.29 bits per heavy atom. The normalized spacial score (nSPS) is 9.88. The quantitative estimate of drug-likeness (QED) is 0.642. The molecule has 1 aromatic heterocycles. The molecule has 5 N–H and O–H groups in total. The fourth-order valence-corrected chi connectivity index (χ4v) is 1.39. The van der Waals surface area contributed by atoms with Crippen LogP contribution < -0.4 is 16.4 Å². The van der Waals surface area contributed by atoms with Crippen LogP contribution in [0.15, 0.2) is 36.8 Å². The summed E-state index contributed by atoms with van der Waals surface area (Å²) in [7, 11) is 0. The summed E-state index contributed by atoms with van der Waals surface area (Å²) in [6, 6.07) is 6.71. The molecule has 2 rings (SSSR count). The molecule has 0 unspecified atom stereocenters. The number of hydrogen-bond donors (Lipinski definition) is 4. The molecule has 0 aliphatic rings. The lowest BCUT2D eigenvalue weighted by atomic mass is 10.2. The summed E-state index contributed by atoms with van der Waals surface area (Å²) in [6.45, 7) is 0.669. The predicted octanol–water partition coefficient (Wildman–Crippen LogP) is 1.51. The number of amides is 2. The number of anilines is 2. The van der Waals surface area contributed by atoms with Gasteiger partial charge < -0.3 is 21.4 Å². The van der Waals surface area contributed by atoms with Crippen molar-refractivity contribution in [2.24, 2.45) is 5.73 Å². The number of benzene rings is 1. The first-order valence-corrected chi connectivity index (χ1v) is 5.12. The third kappa shape index (κ3) is 3.23. The molecule has 0 radical (unpaired) electrons. The highest BCUT2D eigenvalue weighted by Crippen LogP contribution is 2.13. The van der Waals surface area contributed by atoms with Gasteiger partial charge in [0.25, 0.3) is 0 Å². The molecule has 6 heteroatoms. The van der Waals surface area contributed by atoms with E-state index in [-0.39, 0.29) is 0 Å². The molecule has 2 amide bonds. The van der Waals surface area contributed by atoms with Crippen molar-refractivity contribution < 1.29 is 4.79 Å². The molecule has 0 aliphatic heterocycles. The number of nitrogens with one attached hydrogen (secondary N) is 3. The minimum atomic E-state index is -0.567. The van der Waals surface area contributed by atoms with E-state index in [9.17, 15) is 4.79 Å². The van der Waals surface area contributed by atoms with Crippen LogP contribution in [0, 0.1) is 0 Å². The van der Waals surface area contributed by atoms with Gasteiger partial charge in [-0.25, -0.2) is 9.78 Å². The number of rotatable bonds is 4. The van der Waals surface area contributed by atoms with Gasteiger partial charge in [-0.2, -0.15) is 0 Å². The van der Waals surface area contributed by atoms with E-state index in [2.05, 4.69) is 20.6 Å². The van der Waals surface area contributed by atoms with Gasteiger partial charge in [0, 0.05) is 17.6 Å². The number of hydrogen-bond acceptors (Lipinski definition) is 3. The maximum absolute atomic E-state index is 10.6. The minimum absolute atomic E-state index is 0.567. The number of imidazole rings is 1. The molecule has 0 fully saturated rings. The zero-order chi connectivity index (χ0) is 12.1. The Bertz CT molecular complexity index is 477. The van der Waals surface area contributed by atoms with Crippen LogP contribution in [0.2, 0.25) is 0 Å². The zero-order valence-corrected chi connectivity index (χ0v) is 9.10.